The summed E-state index contributed by atoms with van der Waals surface area (Å²) in [6, 6.07) is 71.9. The lowest BCUT2D eigenvalue weighted by Crippen LogP contribution is -2.15. The molecule has 55 heavy (non-hydrogen) atoms. The number of fused-ring (bicyclic) bond motifs is 10. The van der Waals surface area contributed by atoms with Crippen LogP contribution < -0.4 is 0 Å². The molecule has 1 aliphatic rings. The molecule has 0 heterocycles. The van der Waals surface area contributed by atoms with E-state index < -0.39 is 0 Å². The summed E-state index contributed by atoms with van der Waals surface area (Å²) in [5.41, 5.74) is 15.5. The van der Waals surface area contributed by atoms with Gasteiger partial charge in [0.25, 0.3) is 0 Å². The van der Waals surface area contributed by atoms with Crippen LogP contribution in [0.15, 0.2) is 194 Å². The Balaban J connectivity index is 1.17. The van der Waals surface area contributed by atoms with E-state index in [4.69, 9.17) is 0 Å². The van der Waals surface area contributed by atoms with Crippen molar-refractivity contribution in [3.05, 3.63) is 205 Å². The average molecular weight is 699 g/mol. The molecule has 0 fully saturated rings. The van der Waals surface area contributed by atoms with Crippen molar-refractivity contribution in [2.24, 2.45) is 0 Å². The van der Waals surface area contributed by atoms with Gasteiger partial charge in [-0.3, -0.25) is 0 Å². The molecule has 0 unspecified atom stereocenters. The van der Waals surface area contributed by atoms with Gasteiger partial charge in [-0.25, -0.2) is 0 Å². The maximum atomic E-state index is 2.44. The number of rotatable bonds is 4. The summed E-state index contributed by atoms with van der Waals surface area (Å²) >= 11 is 0. The highest BCUT2D eigenvalue weighted by atomic mass is 14.4. The second kappa shape index (κ2) is 12.1. The maximum Gasteiger partial charge on any atom is 0.0165 e. The van der Waals surface area contributed by atoms with E-state index in [9.17, 15) is 0 Å². The van der Waals surface area contributed by atoms with Gasteiger partial charge in [-0.15, -0.1) is 0 Å². The van der Waals surface area contributed by atoms with Gasteiger partial charge in [-0.2, -0.15) is 0 Å². The molecule has 1 aliphatic carbocycles. The Morgan fingerprint density at radius 2 is 0.709 bits per heavy atom. The van der Waals surface area contributed by atoms with Crippen LogP contribution in [0.4, 0.5) is 0 Å². The summed E-state index contributed by atoms with van der Waals surface area (Å²) in [5.74, 6) is 0. The molecule has 0 saturated carbocycles. The molecule has 0 spiro atoms. The zero-order valence-corrected chi connectivity index (χ0v) is 31.0. The van der Waals surface area contributed by atoms with Gasteiger partial charge in [-0.1, -0.05) is 202 Å². The van der Waals surface area contributed by atoms with E-state index in [-0.39, 0.29) is 5.41 Å². The highest BCUT2D eigenvalue weighted by molar-refractivity contribution is 6.23. The van der Waals surface area contributed by atoms with Gasteiger partial charge in [0.1, 0.15) is 0 Å². The monoisotopic (exact) mass is 698 g/mol. The quantitative estimate of drug-likeness (QED) is 0.127. The molecule has 0 aliphatic heterocycles. The van der Waals surface area contributed by atoms with E-state index in [2.05, 4.69) is 208 Å². The average Bonchev–Trinajstić information content (AvgIpc) is 3.50. The highest BCUT2D eigenvalue weighted by Crippen LogP contribution is 2.57. The molecule has 258 valence electrons. The van der Waals surface area contributed by atoms with Gasteiger partial charge in [0.2, 0.25) is 0 Å². The molecule has 10 aromatic carbocycles. The van der Waals surface area contributed by atoms with Crippen molar-refractivity contribution in [1.82, 2.24) is 0 Å². The standard InChI is InChI=1S/C55H38/c1-55(2)49-33-17-32-39(52(49)53-43-26-10-7-23-40(43)41-24-8-15-31-48(41)54(53)55)36-20-16-21-37(34-36)50-44-27-11-13-29-46(44)51(47-30-14-12-28-45(47)50)42-25-9-6-22-38(42)35-18-4-3-5-19-35/h3-34H,1-2H3. The first-order chi connectivity index (χ1) is 27.1. The molecule has 0 radical (unpaired) electrons. The lowest BCUT2D eigenvalue weighted by Gasteiger charge is -2.24. The molecule has 0 aromatic heterocycles. The molecule has 0 nitrogen and oxygen atoms in total. The Morgan fingerprint density at radius 3 is 1.36 bits per heavy atom. The van der Waals surface area contributed by atoms with Crippen LogP contribution in [0.5, 0.6) is 0 Å². The number of hydrogen-bond acceptors (Lipinski definition) is 0. The Morgan fingerprint density at radius 1 is 0.273 bits per heavy atom. The van der Waals surface area contributed by atoms with Crippen molar-refractivity contribution in [2.75, 3.05) is 0 Å². The lowest BCUT2D eigenvalue weighted by molar-refractivity contribution is 0.666. The maximum absolute atomic E-state index is 2.44. The van der Waals surface area contributed by atoms with Crippen molar-refractivity contribution < 1.29 is 0 Å². The van der Waals surface area contributed by atoms with Gasteiger partial charge in [0, 0.05) is 5.41 Å². The Kier molecular flexibility index (Phi) is 7.00. The van der Waals surface area contributed by atoms with Crippen molar-refractivity contribution in [3.63, 3.8) is 0 Å². The molecule has 0 atom stereocenters. The molecule has 10 aromatic rings. The zero-order valence-electron chi connectivity index (χ0n) is 31.0. The summed E-state index contributed by atoms with van der Waals surface area (Å²) in [6.45, 7) is 4.82. The summed E-state index contributed by atoms with van der Waals surface area (Å²) in [6.07, 6.45) is 0. The van der Waals surface area contributed by atoms with Gasteiger partial charge < -0.3 is 0 Å². The molecular weight excluding hydrogens is 661 g/mol. The first-order valence-corrected chi connectivity index (χ1v) is 19.4. The first-order valence-electron chi connectivity index (χ1n) is 19.4. The van der Waals surface area contributed by atoms with Gasteiger partial charge in [0.05, 0.1) is 0 Å². The molecule has 0 N–H and O–H groups in total. The molecule has 0 amide bonds. The normalized spacial score (nSPS) is 13.1. The smallest absolute Gasteiger partial charge is 0.0165 e. The first kappa shape index (κ1) is 31.7. The molecule has 11 rings (SSSR count). The van der Waals surface area contributed by atoms with E-state index in [1.165, 1.54) is 110 Å². The van der Waals surface area contributed by atoms with Crippen LogP contribution >= 0.6 is 0 Å². The number of benzene rings is 10. The van der Waals surface area contributed by atoms with Crippen molar-refractivity contribution in [3.8, 4) is 55.6 Å². The predicted octanol–water partition coefficient (Wildman–Crippen LogP) is 15.3. The highest BCUT2D eigenvalue weighted by Gasteiger charge is 2.39. The topological polar surface area (TPSA) is 0 Å². The fourth-order valence-electron chi connectivity index (χ4n) is 9.91. The van der Waals surface area contributed by atoms with E-state index in [1.807, 2.05) is 0 Å². The van der Waals surface area contributed by atoms with Crippen LogP contribution in [0.1, 0.15) is 25.0 Å². The molecule has 0 heteroatoms. The van der Waals surface area contributed by atoms with Crippen LogP contribution in [0.25, 0.3) is 98.7 Å². The third-order valence-corrected chi connectivity index (χ3v) is 12.2. The minimum absolute atomic E-state index is 0.153. The fraction of sp³-hybridized carbons (Fsp3) is 0.0545. The minimum Gasteiger partial charge on any atom is -0.0622 e. The van der Waals surface area contributed by atoms with Crippen molar-refractivity contribution in [2.45, 2.75) is 19.3 Å². The summed E-state index contributed by atoms with van der Waals surface area (Å²) in [7, 11) is 0. The predicted molar refractivity (Wildman–Crippen MR) is 236 cm³/mol. The Bertz CT molecular complexity index is 3100. The van der Waals surface area contributed by atoms with Crippen LogP contribution in [0.2, 0.25) is 0 Å². The van der Waals surface area contributed by atoms with E-state index in [1.54, 1.807) is 0 Å². The van der Waals surface area contributed by atoms with Gasteiger partial charge >= 0.3 is 0 Å². The minimum atomic E-state index is -0.153. The fourth-order valence-corrected chi connectivity index (χ4v) is 9.91. The molecule has 0 saturated heterocycles. The van der Waals surface area contributed by atoms with Crippen molar-refractivity contribution >= 4 is 43.1 Å². The van der Waals surface area contributed by atoms with E-state index in [0.717, 1.165) is 0 Å². The Hall–Kier alpha value is -6.76. The van der Waals surface area contributed by atoms with Gasteiger partial charge in [-0.05, 0) is 116 Å². The zero-order chi connectivity index (χ0) is 36.7. The molecular formula is C55H38. The Labute approximate surface area is 322 Å². The lowest BCUT2D eigenvalue weighted by atomic mass is 9.79. The van der Waals surface area contributed by atoms with E-state index in [0.29, 0.717) is 0 Å². The summed E-state index contributed by atoms with van der Waals surface area (Å²) in [5, 5.41) is 10.4. The van der Waals surface area contributed by atoms with Crippen LogP contribution in [0.3, 0.4) is 0 Å². The van der Waals surface area contributed by atoms with Gasteiger partial charge in [0.15, 0.2) is 0 Å². The van der Waals surface area contributed by atoms with E-state index >= 15 is 0 Å². The van der Waals surface area contributed by atoms with Crippen LogP contribution in [-0.2, 0) is 5.41 Å². The third-order valence-electron chi connectivity index (χ3n) is 12.2. The largest absolute Gasteiger partial charge is 0.0622 e. The molecule has 0 bridgehead atoms. The second-order valence-electron chi connectivity index (χ2n) is 15.5. The number of hydrogen-bond donors (Lipinski definition) is 0. The third kappa shape index (κ3) is 4.65. The summed E-state index contributed by atoms with van der Waals surface area (Å²) < 4.78 is 0. The van der Waals surface area contributed by atoms with Crippen molar-refractivity contribution in [1.29, 1.82) is 0 Å². The SMILES string of the molecule is CC1(C)c2cccc(-c3cccc(-c4c5ccccc5c(-c5ccccc5-c5ccccc5)c5ccccc45)c3)c2-c2c1c1ccccc1c1ccccc21. The summed E-state index contributed by atoms with van der Waals surface area (Å²) in [4.78, 5) is 0. The second-order valence-corrected chi connectivity index (χ2v) is 15.5. The van der Waals surface area contributed by atoms with Crippen LogP contribution in [0, 0.1) is 0 Å². The van der Waals surface area contributed by atoms with Crippen LogP contribution in [-0.4, -0.2) is 0 Å².